The third-order valence-electron chi connectivity index (χ3n) is 3.95. The van der Waals surface area contributed by atoms with Gasteiger partial charge in [0.15, 0.2) is 0 Å². The number of aryl methyl sites for hydroxylation is 1. The quantitative estimate of drug-likeness (QED) is 0.837. The lowest BCUT2D eigenvalue weighted by atomic mass is 9.96. The second-order valence-corrected chi connectivity index (χ2v) is 5.22. The smallest absolute Gasteiger partial charge is 0.0537 e. The summed E-state index contributed by atoms with van der Waals surface area (Å²) in [5.74, 6) is 0.717. The van der Waals surface area contributed by atoms with Crippen molar-refractivity contribution in [2.24, 2.45) is 5.92 Å². The lowest BCUT2D eigenvalue weighted by molar-refractivity contribution is 0.238. The van der Waals surface area contributed by atoms with Gasteiger partial charge in [-0.1, -0.05) is 13.8 Å². The summed E-state index contributed by atoms with van der Waals surface area (Å²) >= 11 is 0. The van der Waals surface area contributed by atoms with Crippen LogP contribution in [0.15, 0.2) is 12.4 Å². The van der Waals surface area contributed by atoms with Crippen molar-refractivity contribution in [3.05, 3.63) is 18.0 Å². The molecule has 18 heavy (non-hydrogen) atoms. The van der Waals surface area contributed by atoms with Crippen molar-refractivity contribution >= 4 is 0 Å². The highest BCUT2D eigenvalue weighted by atomic mass is 15.3. The Morgan fingerprint density at radius 2 is 2.28 bits per heavy atom. The highest BCUT2D eigenvalue weighted by Crippen LogP contribution is 2.36. The summed E-state index contributed by atoms with van der Waals surface area (Å²) in [5.41, 5.74) is 1.39. The van der Waals surface area contributed by atoms with E-state index < -0.39 is 0 Å². The molecule has 0 aromatic carbocycles. The summed E-state index contributed by atoms with van der Waals surface area (Å²) in [7, 11) is 2.05. The number of likely N-dealkylation sites (tertiary alicyclic amines) is 1. The van der Waals surface area contributed by atoms with E-state index in [0.29, 0.717) is 12.0 Å². The first kappa shape index (κ1) is 13.6. The maximum absolute atomic E-state index is 4.48. The zero-order valence-corrected chi connectivity index (χ0v) is 11.9. The molecule has 1 aliphatic heterocycles. The van der Waals surface area contributed by atoms with Crippen LogP contribution in [0.2, 0.25) is 0 Å². The van der Waals surface area contributed by atoms with Crippen molar-refractivity contribution in [3.63, 3.8) is 0 Å². The highest BCUT2D eigenvalue weighted by Gasteiger charge is 2.34. The topological polar surface area (TPSA) is 33.1 Å². The Labute approximate surface area is 110 Å². The van der Waals surface area contributed by atoms with Crippen LogP contribution >= 0.6 is 0 Å². The molecule has 2 unspecified atom stereocenters. The molecule has 0 radical (unpaired) electrons. The molecule has 2 rings (SSSR count). The van der Waals surface area contributed by atoms with E-state index in [1.165, 1.54) is 18.5 Å². The fourth-order valence-corrected chi connectivity index (χ4v) is 3.12. The molecule has 102 valence electrons. The van der Waals surface area contributed by atoms with E-state index in [4.69, 9.17) is 0 Å². The van der Waals surface area contributed by atoms with Crippen LogP contribution in [0.1, 0.15) is 38.3 Å². The Balaban J connectivity index is 2.14. The second-order valence-electron chi connectivity index (χ2n) is 5.22. The number of hydrogen-bond donors (Lipinski definition) is 1. The van der Waals surface area contributed by atoms with E-state index in [-0.39, 0.29) is 0 Å². The molecule has 1 saturated heterocycles. The summed E-state index contributed by atoms with van der Waals surface area (Å²) in [6.45, 7) is 8.91. The van der Waals surface area contributed by atoms with E-state index in [9.17, 15) is 0 Å². The first-order valence-corrected chi connectivity index (χ1v) is 7.21. The zero-order valence-electron chi connectivity index (χ0n) is 11.9. The Hall–Kier alpha value is -0.870. The van der Waals surface area contributed by atoms with Gasteiger partial charge in [-0.15, -0.1) is 0 Å². The van der Waals surface area contributed by atoms with Crippen LogP contribution in [-0.4, -0.2) is 41.4 Å². The normalized spacial score (nSPS) is 24.8. The van der Waals surface area contributed by atoms with E-state index >= 15 is 0 Å². The maximum Gasteiger partial charge on any atom is 0.0537 e. The van der Waals surface area contributed by atoms with Gasteiger partial charge in [0.25, 0.3) is 0 Å². The van der Waals surface area contributed by atoms with Gasteiger partial charge in [0.1, 0.15) is 0 Å². The largest absolute Gasteiger partial charge is 0.319 e. The molecule has 1 N–H and O–H groups in total. The molecule has 1 aromatic rings. The lowest BCUT2D eigenvalue weighted by Gasteiger charge is -2.26. The fraction of sp³-hybridized carbons (Fsp3) is 0.786. The minimum absolute atomic E-state index is 0.549. The molecule has 4 heteroatoms. The molecule has 0 aliphatic carbocycles. The van der Waals surface area contributed by atoms with Gasteiger partial charge in [0, 0.05) is 24.3 Å². The molecule has 2 atom stereocenters. The predicted octanol–water partition coefficient (Wildman–Crippen LogP) is 1.90. The van der Waals surface area contributed by atoms with Crippen LogP contribution in [0, 0.1) is 5.92 Å². The molecule has 4 nitrogen and oxygen atoms in total. The average Bonchev–Trinajstić information content (AvgIpc) is 2.96. The van der Waals surface area contributed by atoms with Gasteiger partial charge in [-0.3, -0.25) is 9.58 Å². The number of nitrogens with zero attached hydrogens (tertiary/aromatic N) is 3. The minimum Gasteiger partial charge on any atom is -0.319 e. The van der Waals surface area contributed by atoms with Crippen molar-refractivity contribution in [1.29, 1.82) is 0 Å². The molecule has 0 amide bonds. The Morgan fingerprint density at radius 3 is 2.94 bits per heavy atom. The molecular formula is C14H26N4. The van der Waals surface area contributed by atoms with Crippen LogP contribution in [0.25, 0.3) is 0 Å². The molecule has 0 spiro atoms. The van der Waals surface area contributed by atoms with Crippen molar-refractivity contribution < 1.29 is 0 Å². The van der Waals surface area contributed by atoms with Crippen LogP contribution in [0.3, 0.4) is 0 Å². The molecule has 0 saturated carbocycles. The molecule has 1 aliphatic rings. The van der Waals surface area contributed by atoms with E-state index in [2.05, 4.69) is 46.2 Å². The third-order valence-corrected chi connectivity index (χ3v) is 3.95. The Bertz CT molecular complexity index is 360. The molecule has 1 fully saturated rings. The first-order chi connectivity index (χ1) is 8.80. The summed E-state index contributed by atoms with van der Waals surface area (Å²) in [4.78, 5) is 2.58. The Kier molecular flexibility index (Phi) is 4.78. The van der Waals surface area contributed by atoms with Gasteiger partial charge < -0.3 is 5.32 Å². The van der Waals surface area contributed by atoms with Crippen LogP contribution in [0.4, 0.5) is 0 Å². The molecule has 2 heterocycles. The first-order valence-electron chi connectivity index (χ1n) is 7.21. The van der Waals surface area contributed by atoms with Crippen molar-refractivity contribution in [1.82, 2.24) is 20.0 Å². The summed E-state index contributed by atoms with van der Waals surface area (Å²) in [5, 5.41) is 7.82. The zero-order chi connectivity index (χ0) is 13.0. The van der Waals surface area contributed by atoms with Gasteiger partial charge >= 0.3 is 0 Å². The lowest BCUT2D eigenvalue weighted by Crippen LogP contribution is -2.28. The number of aromatic nitrogens is 2. The minimum atomic E-state index is 0.549. The van der Waals surface area contributed by atoms with Gasteiger partial charge in [-0.25, -0.2) is 0 Å². The van der Waals surface area contributed by atoms with Gasteiger partial charge in [0.05, 0.1) is 6.20 Å². The monoisotopic (exact) mass is 250 g/mol. The SMILES string of the molecule is CCCn1cc(C2C(CNC)CCN2CC)cn1. The predicted molar refractivity (Wildman–Crippen MR) is 74.5 cm³/mol. The maximum atomic E-state index is 4.48. The number of rotatable bonds is 6. The van der Waals surface area contributed by atoms with Gasteiger partial charge in [0.2, 0.25) is 0 Å². The van der Waals surface area contributed by atoms with E-state index in [1.54, 1.807) is 0 Å². The van der Waals surface area contributed by atoms with Crippen molar-refractivity contribution in [2.45, 2.75) is 39.3 Å². The fourth-order valence-electron chi connectivity index (χ4n) is 3.12. The molecular weight excluding hydrogens is 224 g/mol. The van der Waals surface area contributed by atoms with Gasteiger partial charge in [-0.2, -0.15) is 5.10 Å². The van der Waals surface area contributed by atoms with Crippen LogP contribution < -0.4 is 5.32 Å². The summed E-state index contributed by atoms with van der Waals surface area (Å²) < 4.78 is 2.08. The van der Waals surface area contributed by atoms with Crippen molar-refractivity contribution in [3.8, 4) is 0 Å². The third kappa shape index (κ3) is 2.75. The highest BCUT2D eigenvalue weighted by molar-refractivity contribution is 5.14. The average molecular weight is 250 g/mol. The number of nitrogens with one attached hydrogen (secondary N) is 1. The summed E-state index contributed by atoms with van der Waals surface area (Å²) in [6.07, 6.45) is 6.74. The van der Waals surface area contributed by atoms with Crippen LogP contribution in [-0.2, 0) is 6.54 Å². The molecule has 0 bridgehead atoms. The van der Waals surface area contributed by atoms with E-state index in [1.807, 2.05) is 7.05 Å². The molecule has 1 aromatic heterocycles. The number of hydrogen-bond acceptors (Lipinski definition) is 3. The van der Waals surface area contributed by atoms with Crippen molar-refractivity contribution in [2.75, 3.05) is 26.7 Å². The van der Waals surface area contributed by atoms with E-state index in [0.717, 1.165) is 26.1 Å². The summed E-state index contributed by atoms with van der Waals surface area (Å²) in [6, 6.07) is 0.549. The van der Waals surface area contributed by atoms with Gasteiger partial charge in [-0.05, 0) is 45.4 Å². The van der Waals surface area contributed by atoms with Crippen LogP contribution in [0.5, 0.6) is 0 Å². The second kappa shape index (κ2) is 6.34. The Morgan fingerprint density at radius 1 is 1.44 bits per heavy atom. The standard InChI is InChI=1S/C14H26N4/c1-4-7-18-11-13(10-16-18)14-12(9-15-3)6-8-17(14)5-2/h10-12,14-15H,4-9H2,1-3H3.